The van der Waals surface area contributed by atoms with E-state index in [1.165, 1.54) is 25.7 Å². The predicted octanol–water partition coefficient (Wildman–Crippen LogP) is 4.30. The summed E-state index contributed by atoms with van der Waals surface area (Å²) in [7, 11) is 0. The maximum absolute atomic E-state index is 11.0. The number of hydrogen-bond acceptors (Lipinski definition) is 3. The van der Waals surface area contributed by atoms with Crippen molar-refractivity contribution in [2.75, 3.05) is 0 Å². The summed E-state index contributed by atoms with van der Waals surface area (Å²) in [6.45, 7) is 8.73. The molecule has 3 heteroatoms. The largest absolute Gasteiger partial charge is 0.300 e. The van der Waals surface area contributed by atoms with E-state index in [2.05, 4.69) is 27.7 Å². The number of hydrogen-bond donors (Lipinski definition) is 0. The highest BCUT2D eigenvalue weighted by atomic mass is 17.2. The Balaban J connectivity index is 2.57. The van der Waals surface area contributed by atoms with Gasteiger partial charge in [-0.05, 0) is 31.6 Å². The molecule has 4 atom stereocenters. The van der Waals surface area contributed by atoms with E-state index >= 15 is 0 Å². The zero-order valence-electron chi connectivity index (χ0n) is 13.0. The van der Waals surface area contributed by atoms with Crippen molar-refractivity contribution in [2.45, 2.75) is 84.3 Å². The number of rotatable bonds is 8. The van der Waals surface area contributed by atoms with Crippen LogP contribution in [0.3, 0.4) is 0 Å². The van der Waals surface area contributed by atoms with Gasteiger partial charge in [-0.15, -0.1) is 0 Å². The summed E-state index contributed by atoms with van der Waals surface area (Å²) in [4.78, 5) is 21.9. The van der Waals surface area contributed by atoms with E-state index in [0.29, 0.717) is 11.8 Å². The molecule has 1 heterocycles. The Morgan fingerprint density at radius 1 is 1.37 bits per heavy atom. The molecular weight excluding hydrogens is 240 g/mol. The third kappa shape index (κ3) is 4.88. The quantitative estimate of drug-likeness (QED) is 0.487. The molecule has 1 fully saturated rings. The van der Waals surface area contributed by atoms with Gasteiger partial charge in [0.05, 0.1) is 0 Å². The lowest BCUT2D eigenvalue weighted by Crippen LogP contribution is -2.44. The highest BCUT2D eigenvalue weighted by molar-refractivity contribution is 5.56. The number of unbranched alkanes of at least 4 members (excludes halogenated alkanes) is 1. The van der Waals surface area contributed by atoms with Crippen molar-refractivity contribution in [1.82, 2.24) is 0 Å². The molecule has 0 bridgehead atoms. The van der Waals surface area contributed by atoms with Crippen LogP contribution in [0, 0.1) is 11.8 Å². The van der Waals surface area contributed by atoms with Gasteiger partial charge in [0.1, 0.15) is 5.60 Å². The molecule has 0 amide bonds. The van der Waals surface area contributed by atoms with E-state index in [1.807, 2.05) is 0 Å². The molecule has 1 aliphatic heterocycles. The van der Waals surface area contributed by atoms with E-state index in [9.17, 15) is 4.79 Å². The average Bonchev–Trinajstić information content (AvgIpc) is 2.43. The van der Waals surface area contributed by atoms with Gasteiger partial charge in [-0.3, -0.25) is 0 Å². The molecule has 112 valence electrons. The fraction of sp³-hybridized carbons (Fsp3) is 0.938. The predicted molar refractivity (Wildman–Crippen MR) is 76.7 cm³/mol. The Kier molecular flexibility index (Phi) is 7.01. The van der Waals surface area contributed by atoms with E-state index < -0.39 is 0 Å². The van der Waals surface area contributed by atoms with Crippen molar-refractivity contribution in [3.05, 3.63) is 0 Å². The van der Waals surface area contributed by atoms with E-state index in [1.54, 1.807) is 0 Å². The normalized spacial score (nSPS) is 33.1. The van der Waals surface area contributed by atoms with E-state index in [-0.39, 0.29) is 11.7 Å². The summed E-state index contributed by atoms with van der Waals surface area (Å²) < 4.78 is 0. The summed E-state index contributed by atoms with van der Waals surface area (Å²) in [5.41, 5.74) is -0.228. The van der Waals surface area contributed by atoms with Crippen LogP contribution in [0.1, 0.15) is 72.6 Å². The average molecular weight is 270 g/mol. The molecule has 0 N–H and O–H groups in total. The first kappa shape index (κ1) is 16.6. The Morgan fingerprint density at radius 2 is 2.11 bits per heavy atom. The topological polar surface area (TPSA) is 35.5 Å². The van der Waals surface area contributed by atoms with Crippen molar-refractivity contribution >= 4 is 6.29 Å². The molecule has 0 unspecified atom stereocenters. The van der Waals surface area contributed by atoms with Crippen LogP contribution in [0.25, 0.3) is 0 Å². The van der Waals surface area contributed by atoms with Gasteiger partial charge < -0.3 is 4.79 Å². The monoisotopic (exact) mass is 270 g/mol. The third-order valence-corrected chi connectivity index (χ3v) is 4.44. The minimum absolute atomic E-state index is 0.228. The van der Waals surface area contributed by atoms with Crippen LogP contribution in [0.4, 0.5) is 0 Å². The van der Waals surface area contributed by atoms with Crippen molar-refractivity contribution in [3.8, 4) is 0 Å². The van der Waals surface area contributed by atoms with Crippen LogP contribution in [0.2, 0.25) is 0 Å². The Hall–Kier alpha value is -0.410. The molecule has 0 radical (unpaired) electrons. The third-order valence-electron chi connectivity index (χ3n) is 4.44. The SMILES string of the molecule is CCCC[C@H](CC)C[C@@]1(C)C[C@@H](CC)[C@@H](C=O)OO1. The Bertz CT molecular complexity index is 267. The first-order valence-corrected chi connectivity index (χ1v) is 7.88. The van der Waals surface area contributed by atoms with Gasteiger partial charge in [0.2, 0.25) is 0 Å². The smallest absolute Gasteiger partial charge is 0.152 e. The van der Waals surface area contributed by atoms with E-state index in [4.69, 9.17) is 9.78 Å². The molecule has 19 heavy (non-hydrogen) atoms. The van der Waals surface area contributed by atoms with Crippen molar-refractivity contribution in [2.24, 2.45) is 11.8 Å². The Morgan fingerprint density at radius 3 is 2.63 bits per heavy atom. The molecule has 0 aliphatic carbocycles. The zero-order valence-corrected chi connectivity index (χ0v) is 13.0. The number of aldehydes is 1. The van der Waals surface area contributed by atoms with Gasteiger partial charge in [0.15, 0.2) is 12.4 Å². The molecule has 0 spiro atoms. The lowest BCUT2D eigenvalue weighted by molar-refractivity contribution is -0.409. The lowest BCUT2D eigenvalue weighted by Gasteiger charge is -2.41. The van der Waals surface area contributed by atoms with Crippen molar-refractivity contribution in [1.29, 1.82) is 0 Å². The zero-order chi connectivity index (χ0) is 14.3. The molecule has 1 saturated heterocycles. The van der Waals surface area contributed by atoms with Gasteiger partial charge in [-0.1, -0.05) is 52.9 Å². The van der Waals surface area contributed by atoms with Crippen molar-refractivity contribution < 1.29 is 14.6 Å². The van der Waals surface area contributed by atoms with Crippen LogP contribution in [0.5, 0.6) is 0 Å². The number of carbonyl (C=O) groups is 1. The van der Waals surface area contributed by atoms with Crippen LogP contribution in [-0.4, -0.2) is 18.0 Å². The molecule has 1 rings (SSSR count). The second kappa shape index (κ2) is 8.01. The highest BCUT2D eigenvalue weighted by Gasteiger charge is 2.40. The molecule has 0 aromatic heterocycles. The van der Waals surface area contributed by atoms with Gasteiger partial charge in [-0.2, -0.15) is 0 Å². The molecular formula is C16H30O3. The fourth-order valence-electron chi connectivity index (χ4n) is 3.14. The Labute approximate surface area is 118 Å². The summed E-state index contributed by atoms with van der Waals surface area (Å²) in [6.07, 6.45) is 8.40. The summed E-state index contributed by atoms with van der Waals surface area (Å²) >= 11 is 0. The molecule has 0 saturated carbocycles. The van der Waals surface area contributed by atoms with Crippen LogP contribution in [0.15, 0.2) is 0 Å². The standard InChI is InChI=1S/C16H30O3/c1-5-8-9-13(6-2)10-16(4)11-14(7-3)15(12-17)18-19-16/h12-15H,5-11H2,1-4H3/t13-,14+,15+,16-/m0/s1. The van der Waals surface area contributed by atoms with Crippen LogP contribution in [-0.2, 0) is 14.6 Å². The molecule has 0 aromatic carbocycles. The summed E-state index contributed by atoms with van der Waals surface area (Å²) in [5.74, 6) is 0.985. The first-order chi connectivity index (χ1) is 9.08. The highest BCUT2D eigenvalue weighted by Crippen LogP contribution is 2.38. The molecule has 3 nitrogen and oxygen atoms in total. The second-order valence-electron chi connectivity index (χ2n) is 6.22. The van der Waals surface area contributed by atoms with Crippen LogP contribution >= 0.6 is 0 Å². The maximum atomic E-state index is 11.0. The first-order valence-electron chi connectivity index (χ1n) is 7.88. The van der Waals surface area contributed by atoms with Gasteiger partial charge in [-0.25, -0.2) is 9.78 Å². The lowest BCUT2D eigenvalue weighted by atomic mass is 9.79. The van der Waals surface area contributed by atoms with Gasteiger partial charge >= 0.3 is 0 Å². The summed E-state index contributed by atoms with van der Waals surface area (Å²) in [5, 5.41) is 0. The second-order valence-corrected chi connectivity index (χ2v) is 6.22. The minimum atomic E-state index is -0.381. The van der Waals surface area contributed by atoms with E-state index in [0.717, 1.165) is 25.5 Å². The molecule has 0 aromatic rings. The van der Waals surface area contributed by atoms with Gasteiger partial charge in [0, 0.05) is 0 Å². The maximum Gasteiger partial charge on any atom is 0.152 e. The van der Waals surface area contributed by atoms with Gasteiger partial charge in [0.25, 0.3) is 0 Å². The summed E-state index contributed by atoms with van der Waals surface area (Å²) in [6, 6.07) is 0. The van der Waals surface area contributed by atoms with Crippen LogP contribution < -0.4 is 0 Å². The van der Waals surface area contributed by atoms with Crippen molar-refractivity contribution in [3.63, 3.8) is 0 Å². The minimum Gasteiger partial charge on any atom is -0.300 e. The fourth-order valence-corrected chi connectivity index (χ4v) is 3.14. The molecule has 1 aliphatic rings. The number of carbonyl (C=O) groups excluding carboxylic acids is 1.